The van der Waals surface area contributed by atoms with E-state index in [1.54, 1.807) is 54.6 Å². The predicted molar refractivity (Wildman–Crippen MR) is 86.6 cm³/mol. The van der Waals surface area contributed by atoms with Gasteiger partial charge in [0.25, 0.3) is 5.91 Å². The number of halogens is 1. The lowest BCUT2D eigenvalue weighted by Crippen LogP contribution is -2.30. The van der Waals surface area contributed by atoms with E-state index in [9.17, 15) is 9.59 Å². The Morgan fingerprint density at radius 2 is 1.87 bits per heavy atom. The molecular formula is C17H10ClN3O2. The molecule has 1 heterocycles. The summed E-state index contributed by atoms with van der Waals surface area (Å²) >= 11 is 5.90. The van der Waals surface area contributed by atoms with Gasteiger partial charge in [-0.1, -0.05) is 29.8 Å². The minimum Gasteiger partial charge on any atom is -0.302 e. The second-order valence-electron chi connectivity index (χ2n) is 4.84. The number of carbonyl (C=O) groups is 2. The van der Waals surface area contributed by atoms with Crippen LogP contribution in [0.25, 0.3) is 6.08 Å². The Balaban J connectivity index is 1.91. The summed E-state index contributed by atoms with van der Waals surface area (Å²) in [7, 11) is 0. The highest BCUT2D eigenvalue weighted by Gasteiger charge is 2.34. The molecule has 0 radical (unpaired) electrons. The molecule has 1 N–H and O–H groups in total. The van der Waals surface area contributed by atoms with Gasteiger partial charge in [0, 0.05) is 5.02 Å². The van der Waals surface area contributed by atoms with Gasteiger partial charge in [0.05, 0.1) is 17.3 Å². The number of rotatable bonds is 2. The smallest absolute Gasteiger partial charge is 0.302 e. The van der Waals surface area contributed by atoms with E-state index >= 15 is 0 Å². The van der Waals surface area contributed by atoms with E-state index < -0.39 is 11.9 Å². The molecule has 1 saturated heterocycles. The standard InChI is InChI=1S/C17H10ClN3O2/c18-13-2-1-3-14(9-13)21-16(22)15(20-17(21)23)8-11-4-6-12(10-19)7-5-11/h1-9H,(H,20,23)/b15-8+. The number of nitrogens with zero attached hydrogens (tertiary/aromatic N) is 2. The van der Waals surface area contributed by atoms with E-state index in [2.05, 4.69) is 5.32 Å². The van der Waals surface area contributed by atoms with E-state index in [-0.39, 0.29) is 5.70 Å². The second-order valence-corrected chi connectivity index (χ2v) is 5.28. The van der Waals surface area contributed by atoms with Gasteiger partial charge in [-0.2, -0.15) is 5.26 Å². The number of hydrogen-bond donors (Lipinski definition) is 1. The number of anilines is 1. The van der Waals surface area contributed by atoms with E-state index in [4.69, 9.17) is 16.9 Å². The quantitative estimate of drug-likeness (QED) is 0.680. The maximum atomic E-state index is 12.4. The number of imide groups is 1. The average molecular weight is 324 g/mol. The second kappa shape index (κ2) is 5.95. The highest BCUT2D eigenvalue weighted by Crippen LogP contribution is 2.24. The largest absolute Gasteiger partial charge is 0.333 e. The van der Waals surface area contributed by atoms with Crippen LogP contribution >= 0.6 is 11.6 Å². The molecule has 0 aromatic heterocycles. The predicted octanol–water partition coefficient (Wildman–Crippen LogP) is 3.31. The number of urea groups is 1. The van der Waals surface area contributed by atoms with Crippen molar-refractivity contribution in [2.24, 2.45) is 0 Å². The van der Waals surface area contributed by atoms with Crippen LogP contribution < -0.4 is 10.2 Å². The van der Waals surface area contributed by atoms with E-state index in [0.717, 1.165) is 4.90 Å². The number of benzene rings is 2. The molecule has 0 atom stereocenters. The fraction of sp³-hybridized carbons (Fsp3) is 0. The summed E-state index contributed by atoms with van der Waals surface area (Å²) in [6.45, 7) is 0. The molecule has 2 aromatic rings. The third-order valence-corrected chi connectivity index (χ3v) is 3.53. The molecule has 112 valence electrons. The van der Waals surface area contributed by atoms with Gasteiger partial charge in [0.2, 0.25) is 0 Å². The molecule has 1 aliphatic heterocycles. The van der Waals surface area contributed by atoms with Gasteiger partial charge in [0.1, 0.15) is 5.70 Å². The Morgan fingerprint density at radius 1 is 1.13 bits per heavy atom. The van der Waals surface area contributed by atoms with E-state index in [1.807, 2.05) is 6.07 Å². The SMILES string of the molecule is N#Cc1ccc(/C=C2/NC(=O)N(c3cccc(Cl)c3)C2=O)cc1. The third-order valence-electron chi connectivity index (χ3n) is 3.30. The Kier molecular flexibility index (Phi) is 3.83. The first-order valence-corrected chi connectivity index (χ1v) is 7.09. The third kappa shape index (κ3) is 2.93. The molecule has 0 saturated carbocycles. The first-order valence-electron chi connectivity index (χ1n) is 6.71. The molecule has 1 fully saturated rings. The zero-order valence-corrected chi connectivity index (χ0v) is 12.5. The Morgan fingerprint density at radius 3 is 2.52 bits per heavy atom. The van der Waals surface area contributed by atoms with Gasteiger partial charge in [-0.3, -0.25) is 4.79 Å². The summed E-state index contributed by atoms with van der Waals surface area (Å²) in [6.07, 6.45) is 1.56. The molecule has 0 spiro atoms. The van der Waals surface area contributed by atoms with Crippen LogP contribution in [0.3, 0.4) is 0 Å². The minimum absolute atomic E-state index is 0.166. The van der Waals surface area contributed by atoms with Crippen LogP contribution in [0, 0.1) is 11.3 Å². The maximum absolute atomic E-state index is 12.4. The average Bonchev–Trinajstić information content (AvgIpc) is 2.82. The van der Waals surface area contributed by atoms with Crippen molar-refractivity contribution in [3.05, 3.63) is 70.4 Å². The highest BCUT2D eigenvalue weighted by atomic mass is 35.5. The molecule has 0 unspecified atom stereocenters. The molecule has 0 bridgehead atoms. The molecule has 2 aromatic carbocycles. The summed E-state index contributed by atoms with van der Waals surface area (Å²) < 4.78 is 0. The van der Waals surface area contributed by atoms with E-state index in [1.165, 1.54) is 0 Å². The monoisotopic (exact) mass is 323 g/mol. The van der Waals surface area contributed by atoms with Crippen LogP contribution in [-0.4, -0.2) is 11.9 Å². The molecule has 5 nitrogen and oxygen atoms in total. The van der Waals surface area contributed by atoms with Crippen LogP contribution in [-0.2, 0) is 4.79 Å². The van der Waals surface area contributed by atoms with Crippen LogP contribution in [0.1, 0.15) is 11.1 Å². The van der Waals surface area contributed by atoms with Crippen molar-refractivity contribution in [1.82, 2.24) is 5.32 Å². The molecule has 23 heavy (non-hydrogen) atoms. The van der Waals surface area contributed by atoms with Crippen LogP contribution in [0.2, 0.25) is 5.02 Å². The van der Waals surface area contributed by atoms with Crippen molar-refractivity contribution in [1.29, 1.82) is 5.26 Å². The number of nitriles is 1. The lowest BCUT2D eigenvalue weighted by atomic mass is 10.1. The Bertz CT molecular complexity index is 866. The Labute approximate surface area is 137 Å². The van der Waals surface area contributed by atoms with E-state index in [0.29, 0.717) is 21.8 Å². The van der Waals surface area contributed by atoms with Crippen molar-refractivity contribution >= 4 is 35.3 Å². The Hall–Kier alpha value is -3.10. The van der Waals surface area contributed by atoms with Gasteiger partial charge in [-0.25, -0.2) is 9.69 Å². The van der Waals surface area contributed by atoms with Gasteiger partial charge >= 0.3 is 6.03 Å². The number of carbonyl (C=O) groups excluding carboxylic acids is 2. The summed E-state index contributed by atoms with van der Waals surface area (Å²) in [5.74, 6) is -0.457. The fourth-order valence-corrected chi connectivity index (χ4v) is 2.39. The molecule has 1 aliphatic rings. The van der Waals surface area contributed by atoms with Crippen LogP contribution in [0.4, 0.5) is 10.5 Å². The lowest BCUT2D eigenvalue weighted by molar-refractivity contribution is -0.113. The van der Waals surface area contributed by atoms with Crippen molar-refractivity contribution in [2.75, 3.05) is 4.90 Å². The molecule has 0 aliphatic carbocycles. The minimum atomic E-state index is -0.530. The van der Waals surface area contributed by atoms with Crippen LogP contribution in [0.5, 0.6) is 0 Å². The van der Waals surface area contributed by atoms with Gasteiger partial charge < -0.3 is 5.32 Å². The van der Waals surface area contributed by atoms with Gasteiger partial charge in [-0.15, -0.1) is 0 Å². The van der Waals surface area contributed by atoms with Crippen molar-refractivity contribution in [3.63, 3.8) is 0 Å². The fourth-order valence-electron chi connectivity index (χ4n) is 2.21. The number of amides is 3. The van der Waals surface area contributed by atoms with Crippen molar-refractivity contribution in [2.45, 2.75) is 0 Å². The summed E-state index contributed by atoms with van der Waals surface area (Å²) in [5.41, 5.74) is 1.80. The molecule has 6 heteroatoms. The van der Waals surface area contributed by atoms with Crippen LogP contribution in [0.15, 0.2) is 54.2 Å². The maximum Gasteiger partial charge on any atom is 0.333 e. The number of hydrogen-bond acceptors (Lipinski definition) is 3. The van der Waals surface area contributed by atoms with Crippen molar-refractivity contribution < 1.29 is 9.59 Å². The first-order chi connectivity index (χ1) is 11.1. The first kappa shape index (κ1) is 14.8. The molecule has 3 rings (SSSR count). The molecule has 3 amide bonds. The zero-order valence-electron chi connectivity index (χ0n) is 11.8. The normalized spacial score (nSPS) is 15.7. The van der Waals surface area contributed by atoms with Gasteiger partial charge in [0.15, 0.2) is 0 Å². The molecular weight excluding hydrogens is 314 g/mol. The lowest BCUT2D eigenvalue weighted by Gasteiger charge is -2.11. The summed E-state index contributed by atoms with van der Waals surface area (Å²) in [5, 5.41) is 11.8. The summed E-state index contributed by atoms with van der Waals surface area (Å²) in [4.78, 5) is 25.5. The topological polar surface area (TPSA) is 73.2 Å². The number of nitrogens with one attached hydrogen (secondary N) is 1. The van der Waals surface area contributed by atoms with Gasteiger partial charge in [-0.05, 0) is 42.0 Å². The highest BCUT2D eigenvalue weighted by molar-refractivity contribution is 6.32. The summed E-state index contributed by atoms with van der Waals surface area (Å²) in [6, 6.07) is 14.7. The van der Waals surface area contributed by atoms with Crippen molar-refractivity contribution in [3.8, 4) is 6.07 Å². The zero-order chi connectivity index (χ0) is 16.4.